The highest BCUT2D eigenvalue weighted by molar-refractivity contribution is 5.80. The molecule has 1 amide bonds. The first-order chi connectivity index (χ1) is 24.5. The van der Waals surface area contributed by atoms with Crippen molar-refractivity contribution < 1.29 is 24.2 Å². The fourth-order valence-corrected chi connectivity index (χ4v) is 5.40. The van der Waals surface area contributed by atoms with E-state index in [1.165, 1.54) is 57.8 Å². The van der Waals surface area contributed by atoms with E-state index < -0.39 is 5.97 Å². The third kappa shape index (κ3) is 37.7. The largest absolute Gasteiger partial charge is 0.480 e. The molecule has 0 aliphatic rings. The van der Waals surface area contributed by atoms with Crippen LogP contribution in [-0.2, 0) is 19.1 Å². The number of esters is 1. The molecule has 0 bridgehead atoms. The zero-order valence-corrected chi connectivity index (χ0v) is 32.0. The predicted octanol–water partition coefficient (Wildman–Crippen LogP) is 12.2. The van der Waals surface area contributed by atoms with E-state index in [2.05, 4.69) is 86.0 Å². The molecule has 0 aliphatic heterocycles. The number of hydrogen-bond donors (Lipinski definition) is 2. The number of unbranched alkanes of at least 4 members (excludes halogenated alkanes) is 14. The Morgan fingerprint density at radius 2 is 1.04 bits per heavy atom. The number of rotatable bonds is 35. The number of aliphatic carboxylic acids is 1. The van der Waals surface area contributed by atoms with Crippen LogP contribution in [0.5, 0.6) is 0 Å². The van der Waals surface area contributed by atoms with Crippen molar-refractivity contribution in [3.05, 3.63) is 72.9 Å². The van der Waals surface area contributed by atoms with E-state index >= 15 is 0 Å². The van der Waals surface area contributed by atoms with Crippen LogP contribution in [0.1, 0.15) is 174 Å². The van der Waals surface area contributed by atoms with Crippen LogP contribution in [0.3, 0.4) is 0 Å². The summed E-state index contributed by atoms with van der Waals surface area (Å²) in [4.78, 5) is 34.8. The van der Waals surface area contributed by atoms with Crippen molar-refractivity contribution in [2.75, 3.05) is 6.54 Å². The van der Waals surface area contributed by atoms with Gasteiger partial charge in [-0.15, -0.1) is 0 Å². The maximum Gasteiger partial charge on any atom is 0.322 e. The molecule has 6 nitrogen and oxygen atoms in total. The Labute approximate surface area is 306 Å². The molecule has 50 heavy (non-hydrogen) atoms. The zero-order chi connectivity index (χ0) is 36.6. The fraction of sp³-hybridized carbons (Fsp3) is 0.659. The lowest BCUT2D eigenvalue weighted by Crippen LogP contribution is -2.28. The Bertz CT molecular complexity index is 990. The molecule has 0 heterocycles. The van der Waals surface area contributed by atoms with Gasteiger partial charge in [-0.3, -0.25) is 14.4 Å². The van der Waals surface area contributed by atoms with E-state index in [1.54, 1.807) is 0 Å². The average Bonchev–Trinajstić information content (AvgIpc) is 3.10. The highest BCUT2D eigenvalue weighted by Crippen LogP contribution is 2.15. The minimum atomic E-state index is -1.03. The molecule has 6 heteroatoms. The summed E-state index contributed by atoms with van der Waals surface area (Å²) in [6.45, 7) is 3.99. The minimum Gasteiger partial charge on any atom is -0.480 e. The third-order valence-electron chi connectivity index (χ3n) is 8.33. The number of allylic oxidation sites excluding steroid dienone is 11. The third-order valence-corrected chi connectivity index (χ3v) is 8.33. The van der Waals surface area contributed by atoms with Gasteiger partial charge in [-0.05, 0) is 83.1 Å². The van der Waals surface area contributed by atoms with E-state index in [4.69, 9.17) is 9.84 Å². The summed E-state index contributed by atoms with van der Waals surface area (Å²) in [6, 6.07) is 0. The van der Waals surface area contributed by atoms with Crippen molar-refractivity contribution >= 4 is 17.8 Å². The number of hydrogen-bond acceptors (Lipinski definition) is 4. The van der Waals surface area contributed by atoms with E-state index in [1.807, 2.05) is 6.08 Å². The van der Waals surface area contributed by atoms with E-state index in [0.29, 0.717) is 12.8 Å². The van der Waals surface area contributed by atoms with Crippen LogP contribution in [0.15, 0.2) is 72.9 Å². The summed E-state index contributed by atoms with van der Waals surface area (Å²) in [5, 5.41) is 11.0. The fourth-order valence-electron chi connectivity index (χ4n) is 5.40. The SMILES string of the molecule is CC/C=C\C/C=C\C/C=C\C/C=C\CCCCCCCCCCCCC(=O)OC(/C=C\C/C=C\CCC)CCCCCCC(=O)NCC(=O)O. The van der Waals surface area contributed by atoms with Crippen LogP contribution in [-0.4, -0.2) is 35.6 Å². The molecular weight excluding hydrogens is 622 g/mol. The standard InChI is InChI=1S/C44H73NO5/c1-3-5-7-9-11-12-13-14-15-16-17-18-19-20-21-22-23-24-25-26-27-29-35-39-44(49)50-41(36-32-28-10-8-6-4-2)37-33-30-31-34-38-42(46)45-40-43(47)48/h5,7-8,10-12,14-15,17-18,32,36,41H,3-4,6,9,13,16,19-31,33-35,37-40H2,1-2H3,(H,45,46)(H,47,48)/b7-5-,10-8-,12-11-,15-14-,18-17-,36-32-. The first-order valence-corrected chi connectivity index (χ1v) is 20.1. The van der Waals surface area contributed by atoms with E-state index in [9.17, 15) is 14.4 Å². The second-order valence-corrected chi connectivity index (χ2v) is 13.2. The Balaban J connectivity index is 3.94. The number of amides is 1. The van der Waals surface area contributed by atoms with Gasteiger partial charge in [-0.25, -0.2) is 0 Å². The molecular formula is C44H73NO5. The molecule has 0 fully saturated rings. The van der Waals surface area contributed by atoms with Gasteiger partial charge in [0.15, 0.2) is 0 Å². The number of carbonyl (C=O) groups excluding carboxylic acids is 2. The van der Waals surface area contributed by atoms with Crippen molar-refractivity contribution in [1.29, 1.82) is 0 Å². The van der Waals surface area contributed by atoms with Gasteiger partial charge in [0, 0.05) is 12.8 Å². The topological polar surface area (TPSA) is 92.7 Å². The molecule has 1 unspecified atom stereocenters. The molecule has 0 radical (unpaired) electrons. The molecule has 0 saturated carbocycles. The molecule has 0 spiro atoms. The quantitative estimate of drug-likeness (QED) is 0.0391. The maximum absolute atomic E-state index is 12.6. The molecule has 0 aromatic rings. The van der Waals surface area contributed by atoms with Crippen LogP contribution >= 0.6 is 0 Å². The summed E-state index contributed by atoms with van der Waals surface area (Å²) in [5.74, 6) is -1.37. The summed E-state index contributed by atoms with van der Waals surface area (Å²) in [7, 11) is 0. The van der Waals surface area contributed by atoms with Crippen molar-refractivity contribution in [3.8, 4) is 0 Å². The molecule has 1 atom stereocenters. The van der Waals surface area contributed by atoms with Gasteiger partial charge in [0.05, 0.1) is 0 Å². The lowest BCUT2D eigenvalue weighted by Gasteiger charge is -2.14. The second kappa shape index (κ2) is 38.6. The first kappa shape index (κ1) is 46.9. The van der Waals surface area contributed by atoms with Gasteiger partial charge >= 0.3 is 11.9 Å². The molecule has 0 aromatic heterocycles. The molecule has 2 N–H and O–H groups in total. The molecule has 0 saturated heterocycles. The number of ether oxygens (including phenoxy) is 1. The Kier molecular flexibility index (Phi) is 36.2. The molecule has 0 aliphatic carbocycles. The van der Waals surface area contributed by atoms with Crippen LogP contribution in [0, 0.1) is 0 Å². The normalized spacial score (nSPS) is 12.8. The summed E-state index contributed by atoms with van der Waals surface area (Å²) < 4.78 is 5.85. The molecule has 0 aromatic carbocycles. The Hall–Kier alpha value is -3.15. The van der Waals surface area contributed by atoms with E-state index in [-0.39, 0.29) is 24.5 Å². The van der Waals surface area contributed by atoms with Crippen LogP contribution in [0.2, 0.25) is 0 Å². The van der Waals surface area contributed by atoms with Crippen molar-refractivity contribution in [1.82, 2.24) is 5.32 Å². The van der Waals surface area contributed by atoms with Gasteiger partial charge in [0.1, 0.15) is 12.6 Å². The monoisotopic (exact) mass is 696 g/mol. The zero-order valence-electron chi connectivity index (χ0n) is 32.0. The molecule has 0 rings (SSSR count). The minimum absolute atomic E-state index is 0.110. The van der Waals surface area contributed by atoms with Crippen molar-refractivity contribution in [2.24, 2.45) is 0 Å². The second-order valence-electron chi connectivity index (χ2n) is 13.2. The first-order valence-electron chi connectivity index (χ1n) is 20.1. The van der Waals surface area contributed by atoms with E-state index in [0.717, 1.165) is 89.9 Å². The van der Waals surface area contributed by atoms with Crippen LogP contribution in [0.25, 0.3) is 0 Å². The number of carboxylic acids is 1. The summed E-state index contributed by atoms with van der Waals surface area (Å²) in [5.41, 5.74) is 0. The number of carbonyl (C=O) groups is 3. The predicted molar refractivity (Wildman–Crippen MR) is 212 cm³/mol. The highest BCUT2D eigenvalue weighted by Gasteiger charge is 2.12. The smallest absolute Gasteiger partial charge is 0.322 e. The average molecular weight is 696 g/mol. The maximum atomic E-state index is 12.6. The molecule has 284 valence electrons. The van der Waals surface area contributed by atoms with Gasteiger partial charge in [0.25, 0.3) is 0 Å². The lowest BCUT2D eigenvalue weighted by atomic mass is 10.0. The van der Waals surface area contributed by atoms with Gasteiger partial charge in [-0.1, -0.05) is 151 Å². The van der Waals surface area contributed by atoms with Crippen LogP contribution < -0.4 is 5.32 Å². The number of carboxylic acid groups (broad SMARTS) is 1. The van der Waals surface area contributed by atoms with Crippen molar-refractivity contribution in [2.45, 2.75) is 180 Å². The summed E-state index contributed by atoms with van der Waals surface area (Å²) >= 11 is 0. The summed E-state index contributed by atoms with van der Waals surface area (Å²) in [6.07, 6.45) is 52.0. The lowest BCUT2D eigenvalue weighted by molar-refractivity contribution is -0.147. The van der Waals surface area contributed by atoms with Gasteiger partial charge in [-0.2, -0.15) is 0 Å². The van der Waals surface area contributed by atoms with Crippen LogP contribution in [0.4, 0.5) is 0 Å². The van der Waals surface area contributed by atoms with Crippen molar-refractivity contribution in [3.63, 3.8) is 0 Å². The Morgan fingerprint density at radius 3 is 1.62 bits per heavy atom. The highest BCUT2D eigenvalue weighted by atomic mass is 16.5. The number of nitrogens with one attached hydrogen (secondary N) is 1. The van der Waals surface area contributed by atoms with Gasteiger partial charge < -0.3 is 15.2 Å². The Morgan fingerprint density at radius 1 is 0.560 bits per heavy atom. The van der Waals surface area contributed by atoms with Gasteiger partial charge in [0.2, 0.25) is 5.91 Å².